The Bertz CT molecular complexity index is 1120. The van der Waals surface area contributed by atoms with Crippen LogP contribution in [-0.4, -0.2) is 18.4 Å². The first-order valence-corrected chi connectivity index (χ1v) is 7.72. The molecule has 0 unspecified atom stereocenters. The molecule has 7 nitrogen and oxygen atoms in total. The molecule has 0 aliphatic rings. The topological polar surface area (TPSA) is 109 Å². The zero-order valence-corrected chi connectivity index (χ0v) is 12.2. The van der Waals surface area contributed by atoms with Gasteiger partial charge in [-0.3, -0.25) is 9.59 Å². The molecule has 1 aromatic heterocycles. The highest BCUT2D eigenvalue weighted by Crippen LogP contribution is 2.21. The van der Waals surface area contributed by atoms with Crippen molar-refractivity contribution >= 4 is 21.2 Å². The van der Waals surface area contributed by atoms with E-state index in [9.17, 15) is 22.4 Å². The van der Waals surface area contributed by atoms with Crippen molar-refractivity contribution in [3.8, 4) is 5.75 Å². The maximum Gasteiger partial charge on any atom is 0.339 e. The van der Waals surface area contributed by atoms with Gasteiger partial charge in [0.25, 0.3) is 0 Å². The molecule has 0 aliphatic carbocycles. The summed E-state index contributed by atoms with van der Waals surface area (Å²) in [4.78, 5) is 26.8. The largest absolute Gasteiger partial charge is 0.379 e. The lowest BCUT2D eigenvalue weighted by atomic mass is 10.3. The van der Waals surface area contributed by atoms with Crippen molar-refractivity contribution in [2.45, 2.75) is 4.90 Å². The van der Waals surface area contributed by atoms with Crippen molar-refractivity contribution in [3.05, 3.63) is 69.0 Å². The van der Waals surface area contributed by atoms with Crippen molar-refractivity contribution in [2.24, 2.45) is 0 Å². The van der Waals surface area contributed by atoms with E-state index in [0.717, 1.165) is 18.2 Å². The molecule has 3 aromatic rings. The van der Waals surface area contributed by atoms with E-state index in [1.807, 2.05) is 0 Å². The Balaban J connectivity index is 2.06. The maximum absolute atomic E-state index is 13.1. The molecule has 118 valence electrons. The van der Waals surface area contributed by atoms with Gasteiger partial charge >= 0.3 is 21.2 Å². The Hall–Kier alpha value is -2.94. The minimum atomic E-state index is -4.23. The van der Waals surface area contributed by atoms with E-state index >= 15 is 0 Å². The SMILES string of the molecule is O=c1[nH]c2ccc(S(=O)(=O)Oc3cccc(F)c3)cc2[nH]c1=O. The molecule has 0 saturated heterocycles. The Morgan fingerprint density at radius 1 is 0.913 bits per heavy atom. The molecular weight excluding hydrogens is 327 g/mol. The van der Waals surface area contributed by atoms with E-state index in [-0.39, 0.29) is 21.7 Å². The highest BCUT2D eigenvalue weighted by atomic mass is 32.2. The van der Waals surface area contributed by atoms with Gasteiger partial charge in [0, 0.05) is 6.07 Å². The Morgan fingerprint density at radius 2 is 1.61 bits per heavy atom. The Labute approximate surface area is 128 Å². The van der Waals surface area contributed by atoms with Crippen molar-refractivity contribution < 1.29 is 17.0 Å². The van der Waals surface area contributed by atoms with Gasteiger partial charge in [0.05, 0.1) is 11.0 Å². The van der Waals surface area contributed by atoms with E-state index in [1.165, 1.54) is 24.3 Å². The molecule has 0 amide bonds. The second kappa shape index (κ2) is 5.36. The van der Waals surface area contributed by atoms with E-state index in [0.29, 0.717) is 0 Å². The van der Waals surface area contributed by atoms with Gasteiger partial charge in [-0.25, -0.2) is 4.39 Å². The summed E-state index contributed by atoms with van der Waals surface area (Å²) >= 11 is 0. The molecule has 23 heavy (non-hydrogen) atoms. The van der Waals surface area contributed by atoms with Crippen LogP contribution in [0.5, 0.6) is 5.75 Å². The number of hydrogen-bond donors (Lipinski definition) is 2. The van der Waals surface area contributed by atoms with Crippen LogP contribution in [0.25, 0.3) is 11.0 Å². The molecule has 0 spiro atoms. The van der Waals surface area contributed by atoms with Crippen molar-refractivity contribution in [3.63, 3.8) is 0 Å². The molecule has 0 saturated carbocycles. The van der Waals surface area contributed by atoms with Crippen LogP contribution in [0.4, 0.5) is 4.39 Å². The van der Waals surface area contributed by atoms with Crippen molar-refractivity contribution in [1.82, 2.24) is 9.97 Å². The average Bonchev–Trinajstić information content (AvgIpc) is 2.47. The van der Waals surface area contributed by atoms with Crippen LogP contribution < -0.4 is 15.3 Å². The fourth-order valence-electron chi connectivity index (χ4n) is 1.94. The van der Waals surface area contributed by atoms with Gasteiger partial charge < -0.3 is 14.2 Å². The number of rotatable bonds is 3. The van der Waals surface area contributed by atoms with Gasteiger partial charge in [-0.05, 0) is 30.3 Å². The quantitative estimate of drug-likeness (QED) is 0.550. The highest BCUT2D eigenvalue weighted by molar-refractivity contribution is 7.87. The second-order valence-electron chi connectivity index (χ2n) is 4.61. The van der Waals surface area contributed by atoms with Crippen LogP contribution in [0, 0.1) is 5.82 Å². The molecule has 2 N–H and O–H groups in total. The lowest BCUT2D eigenvalue weighted by Crippen LogP contribution is -2.29. The summed E-state index contributed by atoms with van der Waals surface area (Å²) in [6.45, 7) is 0. The van der Waals surface area contributed by atoms with E-state index in [4.69, 9.17) is 4.18 Å². The summed E-state index contributed by atoms with van der Waals surface area (Å²) in [7, 11) is -4.23. The fourth-order valence-corrected chi connectivity index (χ4v) is 2.89. The summed E-state index contributed by atoms with van der Waals surface area (Å²) < 4.78 is 42.3. The average molecular weight is 336 g/mol. The van der Waals surface area contributed by atoms with Crippen LogP contribution in [0.15, 0.2) is 56.9 Å². The molecule has 0 fully saturated rings. The van der Waals surface area contributed by atoms with Gasteiger partial charge in [-0.1, -0.05) is 6.07 Å². The molecule has 0 bridgehead atoms. The van der Waals surface area contributed by atoms with E-state index in [1.54, 1.807) is 0 Å². The normalized spacial score (nSPS) is 11.5. The first-order chi connectivity index (χ1) is 10.8. The first-order valence-electron chi connectivity index (χ1n) is 6.31. The third kappa shape index (κ3) is 2.99. The lowest BCUT2D eigenvalue weighted by Gasteiger charge is -2.07. The highest BCUT2D eigenvalue weighted by Gasteiger charge is 2.18. The molecule has 0 aliphatic heterocycles. The van der Waals surface area contributed by atoms with E-state index < -0.39 is 27.1 Å². The number of nitrogens with one attached hydrogen (secondary N) is 2. The lowest BCUT2D eigenvalue weighted by molar-refractivity contribution is 0.483. The minimum Gasteiger partial charge on any atom is -0.379 e. The summed E-state index contributed by atoms with van der Waals surface area (Å²) in [5, 5.41) is 0. The van der Waals surface area contributed by atoms with Gasteiger partial charge in [-0.15, -0.1) is 0 Å². The third-order valence-electron chi connectivity index (χ3n) is 2.98. The maximum atomic E-state index is 13.1. The minimum absolute atomic E-state index is 0.124. The number of fused-ring (bicyclic) bond motifs is 1. The Morgan fingerprint density at radius 3 is 2.30 bits per heavy atom. The third-order valence-corrected chi connectivity index (χ3v) is 4.23. The number of halogens is 1. The smallest absolute Gasteiger partial charge is 0.339 e. The van der Waals surface area contributed by atoms with Crippen LogP contribution >= 0.6 is 0 Å². The van der Waals surface area contributed by atoms with Crippen molar-refractivity contribution in [1.29, 1.82) is 0 Å². The molecule has 2 aromatic carbocycles. The molecule has 0 radical (unpaired) electrons. The standard InChI is InChI=1S/C14H9FN2O5S/c15-8-2-1-3-9(6-8)22-23(20,21)10-4-5-11-12(7-10)17-14(19)13(18)16-11/h1-7H,(H,16,18)(H,17,19). The fraction of sp³-hybridized carbons (Fsp3) is 0. The van der Waals surface area contributed by atoms with Crippen LogP contribution in [0.3, 0.4) is 0 Å². The predicted octanol–water partition coefficient (Wildman–Crippen LogP) is 1.12. The number of benzene rings is 2. The number of H-pyrrole nitrogens is 2. The van der Waals surface area contributed by atoms with Crippen LogP contribution in [0.1, 0.15) is 0 Å². The van der Waals surface area contributed by atoms with Gasteiger partial charge in [0.2, 0.25) is 0 Å². The zero-order chi connectivity index (χ0) is 16.6. The number of aromatic nitrogens is 2. The molecule has 1 heterocycles. The van der Waals surface area contributed by atoms with Crippen LogP contribution in [-0.2, 0) is 10.1 Å². The van der Waals surface area contributed by atoms with Gasteiger partial charge in [0.1, 0.15) is 16.5 Å². The molecule has 0 atom stereocenters. The zero-order valence-electron chi connectivity index (χ0n) is 11.4. The predicted molar refractivity (Wildman–Crippen MR) is 79.4 cm³/mol. The molecule has 3 rings (SSSR count). The summed E-state index contributed by atoms with van der Waals surface area (Å²) in [5.41, 5.74) is -1.36. The monoisotopic (exact) mass is 336 g/mol. The second-order valence-corrected chi connectivity index (χ2v) is 6.16. The van der Waals surface area contributed by atoms with Crippen molar-refractivity contribution in [2.75, 3.05) is 0 Å². The van der Waals surface area contributed by atoms with Gasteiger partial charge in [-0.2, -0.15) is 8.42 Å². The van der Waals surface area contributed by atoms with Gasteiger partial charge in [0.15, 0.2) is 0 Å². The molecule has 9 heteroatoms. The summed E-state index contributed by atoms with van der Waals surface area (Å²) in [6.07, 6.45) is 0. The first kappa shape index (κ1) is 15.0. The summed E-state index contributed by atoms with van der Waals surface area (Å²) in [5.74, 6) is -0.821. The number of aromatic amines is 2. The van der Waals surface area contributed by atoms with E-state index in [2.05, 4.69) is 9.97 Å². The summed E-state index contributed by atoms with van der Waals surface area (Å²) in [6, 6.07) is 8.33. The molecular formula is C14H9FN2O5S. The Kier molecular flexibility index (Phi) is 3.49. The number of hydrogen-bond acceptors (Lipinski definition) is 5. The van der Waals surface area contributed by atoms with Crippen LogP contribution in [0.2, 0.25) is 0 Å².